The minimum Gasteiger partial charge on any atom is -0.481 e. The normalized spacial score (nSPS) is 15.9. The fourth-order valence-electron chi connectivity index (χ4n) is 3.38. The summed E-state index contributed by atoms with van der Waals surface area (Å²) in [5.74, 6) is 0.446. The summed E-state index contributed by atoms with van der Waals surface area (Å²) >= 11 is 0. The van der Waals surface area contributed by atoms with Crippen molar-refractivity contribution >= 4 is 5.91 Å². The van der Waals surface area contributed by atoms with Crippen molar-refractivity contribution in [2.45, 2.75) is 12.5 Å². The highest BCUT2D eigenvalue weighted by atomic mass is 16.5. The Morgan fingerprint density at radius 3 is 2.89 bits per heavy atom. The quantitative estimate of drug-likeness (QED) is 0.760. The van der Waals surface area contributed by atoms with Crippen LogP contribution in [-0.2, 0) is 6.42 Å². The fraction of sp³-hybridized carbons (Fsp3) is 0.263. The van der Waals surface area contributed by atoms with Gasteiger partial charge in [0.05, 0.1) is 26.2 Å². The van der Waals surface area contributed by atoms with Crippen LogP contribution in [0.4, 0.5) is 0 Å². The van der Waals surface area contributed by atoms with Gasteiger partial charge in [-0.15, -0.1) is 0 Å². The Morgan fingerprint density at radius 1 is 1.26 bits per heavy atom. The highest BCUT2D eigenvalue weighted by molar-refractivity contribution is 5.97. The zero-order valence-electron chi connectivity index (χ0n) is 15.0. The Hall–Kier alpha value is -3.42. The van der Waals surface area contributed by atoms with Crippen LogP contribution in [0.15, 0.2) is 43.0 Å². The van der Waals surface area contributed by atoms with Crippen LogP contribution in [0, 0.1) is 0 Å². The van der Waals surface area contributed by atoms with Crippen LogP contribution in [0.25, 0.3) is 0 Å². The predicted molar refractivity (Wildman–Crippen MR) is 96.7 cm³/mol. The van der Waals surface area contributed by atoms with E-state index in [4.69, 9.17) is 9.47 Å². The summed E-state index contributed by atoms with van der Waals surface area (Å²) < 4.78 is 10.4. The minimum atomic E-state index is -0.326. The molecule has 8 nitrogen and oxygen atoms in total. The number of H-pyrrole nitrogens is 1. The lowest BCUT2D eigenvalue weighted by atomic mass is 9.96. The Labute approximate surface area is 156 Å². The van der Waals surface area contributed by atoms with Crippen LogP contribution in [0.5, 0.6) is 11.8 Å². The molecular weight excluding hydrogens is 346 g/mol. The zero-order valence-corrected chi connectivity index (χ0v) is 15.0. The van der Waals surface area contributed by atoms with E-state index in [1.165, 1.54) is 14.2 Å². The first kappa shape index (κ1) is 17.0. The van der Waals surface area contributed by atoms with Gasteiger partial charge < -0.3 is 19.4 Å². The topological polar surface area (TPSA) is 93.2 Å². The van der Waals surface area contributed by atoms with Crippen molar-refractivity contribution in [3.05, 3.63) is 65.5 Å². The predicted octanol–water partition coefficient (Wildman–Crippen LogP) is 2.00. The van der Waals surface area contributed by atoms with E-state index < -0.39 is 0 Å². The van der Waals surface area contributed by atoms with Crippen molar-refractivity contribution in [2.24, 2.45) is 0 Å². The molecule has 1 aliphatic heterocycles. The minimum absolute atomic E-state index is 0.176. The average molecular weight is 365 g/mol. The Morgan fingerprint density at radius 2 is 2.15 bits per heavy atom. The summed E-state index contributed by atoms with van der Waals surface area (Å²) in [5, 5.41) is 0. The molecule has 0 bridgehead atoms. The first-order chi connectivity index (χ1) is 13.2. The van der Waals surface area contributed by atoms with Crippen molar-refractivity contribution in [3.8, 4) is 11.8 Å². The van der Waals surface area contributed by atoms with Gasteiger partial charge in [0.25, 0.3) is 5.91 Å². The summed E-state index contributed by atoms with van der Waals surface area (Å²) in [6, 6.07) is 6.80. The highest BCUT2D eigenvalue weighted by Gasteiger charge is 2.35. The molecule has 1 amide bonds. The number of nitrogens with zero attached hydrogens (tertiary/aromatic N) is 4. The maximum atomic E-state index is 13.4. The number of nitrogens with one attached hydrogen (secondary N) is 1. The molecule has 27 heavy (non-hydrogen) atoms. The molecule has 0 saturated carbocycles. The molecule has 0 fully saturated rings. The van der Waals surface area contributed by atoms with E-state index in [-0.39, 0.29) is 17.8 Å². The van der Waals surface area contributed by atoms with Gasteiger partial charge in [0.15, 0.2) is 0 Å². The van der Waals surface area contributed by atoms with E-state index in [1.807, 2.05) is 12.1 Å². The number of ether oxygens (including phenoxy) is 2. The number of methoxy groups -OCH3 is 2. The number of pyridine rings is 2. The fourth-order valence-corrected chi connectivity index (χ4v) is 3.38. The van der Waals surface area contributed by atoms with E-state index in [9.17, 15) is 4.79 Å². The van der Waals surface area contributed by atoms with Gasteiger partial charge in [-0.2, -0.15) is 4.98 Å². The first-order valence-electron chi connectivity index (χ1n) is 8.55. The van der Waals surface area contributed by atoms with Crippen LogP contribution < -0.4 is 9.47 Å². The second-order valence-corrected chi connectivity index (χ2v) is 6.11. The van der Waals surface area contributed by atoms with E-state index in [0.29, 0.717) is 24.4 Å². The maximum absolute atomic E-state index is 13.4. The van der Waals surface area contributed by atoms with Gasteiger partial charge in [-0.25, -0.2) is 4.98 Å². The lowest BCUT2D eigenvalue weighted by molar-refractivity contribution is 0.0686. The first-order valence-corrected chi connectivity index (χ1v) is 8.55. The zero-order chi connectivity index (χ0) is 18.8. The SMILES string of the molecule is COc1ccc(C(=O)N2CCc3[nH]cnc3C2c2cccnc2)c(OC)n1. The lowest BCUT2D eigenvalue weighted by Gasteiger charge is -2.35. The number of imidazole rings is 1. The molecule has 1 N–H and O–H groups in total. The van der Waals surface area contributed by atoms with Crippen LogP contribution in [-0.4, -0.2) is 51.5 Å². The van der Waals surface area contributed by atoms with Gasteiger partial charge in [-0.3, -0.25) is 9.78 Å². The smallest absolute Gasteiger partial charge is 0.260 e. The monoisotopic (exact) mass is 365 g/mol. The molecule has 0 aliphatic carbocycles. The van der Waals surface area contributed by atoms with Crippen LogP contribution in [0.1, 0.15) is 33.4 Å². The molecule has 1 aliphatic rings. The molecule has 0 aromatic carbocycles. The number of hydrogen-bond donors (Lipinski definition) is 1. The van der Waals surface area contributed by atoms with Gasteiger partial charge in [0.1, 0.15) is 11.6 Å². The molecule has 1 atom stereocenters. The molecular formula is C19H19N5O3. The average Bonchev–Trinajstić information content (AvgIpc) is 3.21. The van der Waals surface area contributed by atoms with Gasteiger partial charge in [0.2, 0.25) is 11.8 Å². The summed E-state index contributed by atoms with van der Waals surface area (Å²) in [5.41, 5.74) is 3.15. The van der Waals surface area contributed by atoms with Crippen LogP contribution in [0.3, 0.4) is 0 Å². The summed E-state index contributed by atoms with van der Waals surface area (Å²) in [6.45, 7) is 0.544. The van der Waals surface area contributed by atoms with E-state index in [1.54, 1.807) is 35.8 Å². The number of amides is 1. The summed E-state index contributed by atoms with van der Waals surface area (Å²) in [6.07, 6.45) is 5.83. The van der Waals surface area contributed by atoms with Crippen molar-refractivity contribution < 1.29 is 14.3 Å². The van der Waals surface area contributed by atoms with E-state index >= 15 is 0 Å². The Balaban J connectivity index is 1.77. The Bertz CT molecular complexity index is 957. The third-order valence-corrected chi connectivity index (χ3v) is 4.65. The van der Waals surface area contributed by atoms with Gasteiger partial charge in [0, 0.05) is 37.1 Å². The van der Waals surface area contributed by atoms with Crippen molar-refractivity contribution in [1.82, 2.24) is 24.8 Å². The lowest BCUT2D eigenvalue weighted by Crippen LogP contribution is -2.41. The van der Waals surface area contributed by atoms with Crippen molar-refractivity contribution in [1.29, 1.82) is 0 Å². The second kappa shape index (κ2) is 7.06. The molecule has 0 saturated heterocycles. The Kier molecular flexibility index (Phi) is 4.45. The number of rotatable bonds is 4. The largest absolute Gasteiger partial charge is 0.481 e. The standard InChI is InChI=1S/C19H19N5O3/c1-26-15-6-5-13(18(23-15)27-2)19(25)24-9-7-14-16(22-11-21-14)17(24)12-4-3-8-20-10-12/h3-6,8,10-11,17H,7,9H2,1-2H3,(H,21,22). The summed E-state index contributed by atoms with van der Waals surface area (Å²) in [4.78, 5) is 31.3. The number of fused-ring (bicyclic) bond motifs is 1. The third kappa shape index (κ3) is 2.99. The molecule has 4 rings (SSSR count). The number of hydrogen-bond acceptors (Lipinski definition) is 6. The highest BCUT2D eigenvalue weighted by Crippen LogP contribution is 2.35. The van der Waals surface area contributed by atoms with Crippen LogP contribution in [0.2, 0.25) is 0 Å². The molecule has 138 valence electrons. The molecule has 1 unspecified atom stereocenters. The maximum Gasteiger partial charge on any atom is 0.260 e. The van der Waals surface area contributed by atoms with E-state index in [2.05, 4.69) is 19.9 Å². The van der Waals surface area contributed by atoms with Gasteiger partial charge in [-0.05, 0) is 17.7 Å². The molecule has 4 heterocycles. The van der Waals surface area contributed by atoms with Crippen molar-refractivity contribution in [3.63, 3.8) is 0 Å². The molecule has 8 heteroatoms. The number of aromatic amines is 1. The van der Waals surface area contributed by atoms with Crippen LogP contribution >= 0.6 is 0 Å². The molecule has 0 radical (unpaired) electrons. The molecule has 3 aromatic rings. The number of aromatic nitrogens is 4. The molecule has 0 spiro atoms. The van der Waals surface area contributed by atoms with Crippen molar-refractivity contribution in [2.75, 3.05) is 20.8 Å². The second-order valence-electron chi connectivity index (χ2n) is 6.11. The molecule has 3 aromatic heterocycles. The number of carbonyl (C=O) groups is 1. The third-order valence-electron chi connectivity index (χ3n) is 4.65. The number of carbonyl (C=O) groups excluding carboxylic acids is 1. The van der Waals surface area contributed by atoms with Gasteiger partial charge in [-0.1, -0.05) is 6.07 Å². The van der Waals surface area contributed by atoms with Gasteiger partial charge >= 0.3 is 0 Å². The van der Waals surface area contributed by atoms with E-state index in [0.717, 1.165) is 17.0 Å². The summed E-state index contributed by atoms with van der Waals surface area (Å²) in [7, 11) is 3.00.